The summed E-state index contributed by atoms with van der Waals surface area (Å²) in [5, 5.41) is 3.68. The number of aryl methyl sites for hydroxylation is 1. The van der Waals surface area contributed by atoms with Crippen molar-refractivity contribution in [2.75, 3.05) is 5.32 Å². The molecule has 3 atom stereocenters. The third-order valence-corrected chi connectivity index (χ3v) is 4.70. The highest BCUT2D eigenvalue weighted by Gasteiger charge is 2.25. The van der Waals surface area contributed by atoms with Gasteiger partial charge in [0.2, 0.25) is 0 Å². The van der Waals surface area contributed by atoms with Crippen LogP contribution in [0.1, 0.15) is 44.2 Å². The molecule has 19 heavy (non-hydrogen) atoms. The summed E-state index contributed by atoms with van der Waals surface area (Å²) in [5.41, 5.74) is 9.15. The highest BCUT2D eigenvalue weighted by atomic mass is 32.1. The second-order valence-electron chi connectivity index (χ2n) is 5.97. The standard InChI is InChI=1S/C16H24N2S/c1-10-7-8-13(9-12(10)3)18-15-11(2)5-4-6-14(15)16(17)19/h4-6,10,12-13,18H,7-9H2,1-3H3,(H2,17,19). The van der Waals surface area contributed by atoms with E-state index in [0.717, 1.165) is 23.1 Å². The normalized spacial score (nSPS) is 27.0. The maximum atomic E-state index is 5.83. The van der Waals surface area contributed by atoms with Crippen LogP contribution in [0.25, 0.3) is 0 Å². The molecule has 2 rings (SSSR count). The highest BCUT2D eigenvalue weighted by Crippen LogP contribution is 2.32. The molecule has 1 aromatic carbocycles. The summed E-state index contributed by atoms with van der Waals surface area (Å²) in [7, 11) is 0. The van der Waals surface area contributed by atoms with E-state index in [4.69, 9.17) is 18.0 Å². The Balaban J connectivity index is 2.17. The Hall–Kier alpha value is -1.09. The van der Waals surface area contributed by atoms with Crippen LogP contribution in [-0.4, -0.2) is 11.0 Å². The maximum absolute atomic E-state index is 5.83. The predicted molar refractivity (Wildman–Crippen MR) is 86.7 cm³/mol. The number of nitrogens with one attached hydrogen (secondary N) is 1. The Morgan fingerprint density at radius 1 is 1.26 bits per heavy atom. The first-order chi connectivity index (χ1) is 8.99. The second kappa shape index (κ2) is 5.91. The minimum absolute atomic E-state index is 0.475. The van der Waals surface area contributed by atoms with E-state index >= 15 is 0 Å². The largest absolute Gasteiger partial charge is 0.389 e. The lowest BCUT2D eigenvalue weighted by atomic mass is 9.79. The van der Waals surface area contributed by atoms with Gasteiger partial charge >= 0.3 is 0 Å². The van der Waals surface area contributed by atoms with E-state index in [-0.39, 0.29) is 0 Å². The molecule has 0 radical (unpaired) electrons. The van der Waals surface area contributed by atoms with E-state index in [1.54, 1.807) is 0 Å². The van der Waals surface area contributed by atoms with Crippen LogP contribution in [0, 0.1) is 18.8 Å². The number of rotatable bonds is 3. The Labute approximate surface area is 121 Å². The van der Waals surface area contributed by atoms with Crippen molar-refractivity contribution in [3.05, 3.63) is 29.3 Å². The molecule has 1 aromatic rings. The van der Waals surface area contributed by atoms with Gasteiger partial charge in [-0.05, 0) is 49.7 Å². The van der Waals surface area contributed by atoms with Gasteiger partial charge in [-0.2, -0.15) is 0 Å². The van der Waals surface area contributed by atoms with Crippen molar-refractivity contribution >= 4 is 22.9 Å². The Morgan fingerprint density at radius 2 is 2.00 bits per heavy atom. The van der Waals surface area contributed by atoms with Gasteiger partial charge in [0.1, 0.15) is 4.99 Å². The fourth-order valence-corrected chi connectivity index (χ4v) is 3.12. The highest BCUT2D eigenvalue weighted by molar-refractivity contribution is 7.80. The summed E-state index contributed by atoms with van der Waals surface area (Å²) in [6, 6.07) is 6.67. The Kier molecular flexibility index (Phi) is 4.46. The molecule has 0 saturated heterocycles. The lowest BCUT2D eigenvalue weighted by Crippen LogP contribution is -2.31. The molecule has 1 aliphatic carbocycles. The van der Waals surface area contributed by atoms with Crippen molar-refractivity contribution in [3.63, 3.8) is 0 Å². The van der Waals surface area contributed by atoms with Gasteiger partial charge in [0.25, 0.3) is 0 Å². The molecular formula is C16H24N2S. The van der Waals surface area contributed by atoms with Crippen molar-refractivity contribution in [1.82, 2.24) is 0 Å². The minimum atomic E-state index is 0.475. The molecule has 104 valence electrons. The van der Waals surface area contributed by atoms with Gasteiger partial charge in [-0.25, -0.2) is 0 Å². The van der Waals surface area contributed by atoms with E-state index in [2.05, 4.69) is 32.2 Å². The molecule has 1 fully saturated rings. The number of hydrogen-bond acceptors (Lipinski definition) is 2. The predicted octanol–water partition coefficient (Wildman–Crippen LogP) is 3.87. The summed E-state index contributed by atoms with van der Waals surface area (Å²) < 4.78 is 0. The molecule has 0 amide bonds. The van der Waals surface area contributed by atoms with Gasteiger partial charge in [0, 0.05) is 17.3 Å². The molecule has 3 heteroatoms. The molecule has 1 saturated carbocycles. The molecule has 0 spiro atoms. The van der Waals surface area contributed by atoms with Crippen LogP contribution in [0.3, 0.4) is 0 Å². The minimum Gasteiger partial charge on any atom is -0.389 e. The van der Waals surface area contributed by atoms with Crippen LogP contribution < -0.4 is 11.1 Å². The van der Waals surface area contributed by atoms with Crippen molar-refractivity contribution < 1.29 is 0 Å². The van der Waals surface area contributed by atoms with Crippen molar-refractivity contribution in [1.29, 1.82) is 0 Å². The van der Waals surface area contributed by atoms with Gasteiger partial charge in [-0.3, -0.25) is 0 Å². The topological polar surface area (TPSA) is 38.0 Å². The summed E-state index contributed by atoms with van der Waals surface area (Å²) in [5.74, 6) is 1.62. The van der Waals surface area contributed by atoms with Crippen LogP contribution in [0.4, 0.5) is 5.69 Å². The summed E-state index contributed by atoms with van der Waals surface area (Å²) in [6.07, 6.45) is 3.76. The zero-order valence-electron chi connectivity index (χ0n) is 12.1. The second-order valence-corrected chi connectivity index (χ2v) is 6.41. The molecule has 0 aliphatic heterocycles. The molecule has 0 aromatic heterocycles. The van der Waals surface area contributed by atoms with Crippen LogP contribution in [0.5, 0.6) is 0 Å². The molecule has 3 unspecified atom stereocenters. The first kappa shape index (κ1) is 14.3. The molecule has 0 bridgehead atoms. The summed E-state index contributed by atoms with van der Waals surface area (Å²) in [6.45, 7) is 6.82. The van der Waals surface area contributed by atoms with Gasteiger partial charge in [-0.1, -0.05) is 38.2 Å². The molecule has 1 aliphatic rings. The zero-order valence-corrected chi connectivity index (χ0v) is 12.9. The number of para-hydroxylation sites is 1. The van der Waals surface area contributed by atoms with Crippen molar-refractivity contribution in [2.24, 2.45) is 17.6 Å². The lowest BCUT2D eigenvalue weighted by molar-refractivity contribution is 0.261. The van der Waals surface area contributed by atoms with E-state index in [1.807, 2.05) is 12.1 Å². The number of hydrogen-bond donors (Lipinski definition) is 2. The van der Waals surface area contributed by atoms with Crippen LogP contribution in [0.15, 0.2) is 18.2 Å². The zero-order chi connectivity index (χ0) is 14.0. The monoisotopic (exact) mass is 276 g/mol. The fraction of sp³-hybridized carbons (Fsp3) is 0.562. The van der Waals surface area contributed by atoms with E-state index in [1.165, 1.54) is 24.8 Å². The number of thiocarbonyl (C=S) groups is 1. The molecule has 0 heterocycles. The molecular weight excluding hydrogens is 252 g/mol. The number of benzene rings is 1. The summed E-state index contributed by atoms with van der Waals surface area (Å²) >= 11 is 5.16. The van der Waals surface area contributed by atoms with E-state index < -0.39 is 0 Å². The fourth-order valence-electron chi connectivity index (χ4n) is 2.95. The van der Waals surface area contributed by atoms with E-state index in [0.29, 0.717) is 11.0 Å². The number of nitrogens with two attached hydrogens (primary N) is 1. The van der Waals surface area contributed by atoms with Crippen LogP contribution in [0.2, 0.25) is 0 Å². The molecule has 2 nitrogen and oxygen atoms in total. The van der Waals surface area contributed by atoms with Gasteiger partial charge in [-0.15, -0.1) is 0 Å². The average molecular weight is 276 g/mol. The number of anilines is 1. The lowest BCUT2D eigenvalue weighted by Gasteiger charge is -2.34. The quantitative estimate of drug-likeness (QED) is 0.823. The van der Waals surface area contributed by atoms with Crippen LogP contribution in [-0.2, 0) is 0 Å². The average Bonchev–Trinajstić information content (AvgIpc) is 2.36. The van der Waals surface area contributed by atoms with E-state index in [9.17, 15) is 0 Å². The van der Waals surface area contributed by atoms with Crippen LogP contribution >= 0.6 is 12.2 Å². The van der Waals surface area contributed by atoms with Gasteiger partial charge in [0.05, 0.1) is 0 Å². The van der Waals surface area contributed by atoms with Gasteiger partial charge in [0.15, 0.2) is 0 Å². The first-order valence-corrected chi connectivity index (χ1v) is 7.55. The SMILES string of the molecule is Cc1cccc(C(N)=S)c1NC1CCC(C)C(C)C1. The third kappa shape index (κ3) is 3.27. The smallest absolute Gasteiger partial charge is 0.106 e. The Bertz CT molecular complexity index is 470. The van der Waals surface area contributed by atoms with Crippen molar-refractivity contribution in [2.45, 2.75) is 46.1 Å². The third-order valence-electron chi connectivity index (χ3n) is 4.48. The van der Waals surface area contributed by atoms with Gasteiger partial charge < -0.3 is 11.1 Å². The maximum Gasteiger partial charge on any atom is 0.106 e. The molecule has 3 N–H and O–H groups in total. The van der Waals surface area contributed by atoms with Crippen molar-refractivity contribution in [3.8, 4) is 0 Å². The first-order valence-electron chi connectivity index (χ1n) is 7.15. The summed E-state index contributed by atoms with van der Waals surface area (Å²) in [4.78, 5) is 0.475. The Morgan fingerprint density at radius 3 is 2.63 bits per heavy atom.